The molecule has 1 N–H and O–H groups in total. The quantitative estimate of drug-likeness (QED) is 0.887. The summed E-state index contributed by atoms with van der Waals surface area (Å²) in [7, 11) is 0. The van der Waals surface area contributed by atoms with Crippen LogP contribution in [0.2, 0.25) is 0 Å². The van der Waals surface area contributed by atoms with Crippen molar-refractivity contribution in [1.82, 2.24) is 10.3 Å². The van der Waals surface area contributed by atoms with Gasteiger partial charge in [-0.15, -0.1) is 11.3 Å². The van der Waals surface area contributed by atoms with E-state index in [1.54, 1.807) is 11.3 Å². The van der Waals surface area contributed by atoms with Crippen LogP contribution in [-0.2, 0) is 6.54 Å². The fourth-order valence-corrected chi connectivity index (χ4v) is 4.47. The minimum atomic E-state index is 0.750. The molecule has 0 bridgehead atoms. The summed E-state index contributed by atoms with van der Waals surface area (Å²) in [6.45, 7) is 3.21. The van der Waals surface area contributed by atoms with Gasteiger partial charge in [-0.25, -0.2) is 4.98 Å². The van der Waals surface area contributed by atoms with Crippen LogP contribution in [0.15, 0.2) is 10.8 Å². The number of aryl methyl sites for hydroxylation is 1. The summed E-state index contributed by atoms with van der Waals surface area (Å²) in [5, 5.41) is 9.33. The van der Waals surface area contributed by atoms with Crippen LogP contribution < -0.4 is 5.32 Å². The standard InChI is InChI=1S/C15H18N2S2/c1-9-7-18-8-12(9)15-17-14(10-2-3-10)13(19-15)6-16-11-4-5-11/h7-8,10-11,16H,2-6H2,1H3. The molecule has 2 heterocycles. The highest BCUT2D eigenvalue weighted by Crippen LogP contribution is 2.45. The molecule has 2 aromatic rings. The molecule has 2 fully saturated rings. The second-order valence-electron chi connectivity index (χ2n) is 5.73. The Labute approximate surface area is 121 Å². The fraction of sp³-hybridized carbons (Fsp3) is 0.533. The molecule has 19 heavy (non-hydrogen) atoms. The van der Waals surface area contributed by atoms with Crippen molar-refractivity contribution in [2.45, 2.75) is 51.1 Å². The number of hydrogen-bond donors (Lipinski definition) is 1. The van der Waals surface area contributed by atoms with Gasteiger partial charge in [-0.2, -0.15) is 11.3 Å². The number of thiophene rings is 1. The third kappa shape index (κ3) is 2.49. The maximum atomic E-state index is 4.96. The van der Waals surface area contributed by atoms with Crippen LogP contribution in [-0.4, -0.2) is 11.0 Å². The van der Waals surface area contributed by atoms with E-state index in [1.165, 1.54) is 52.4 Å². The summed E-state index contributed by atoms with van der Waals surface area (Å²) in [5.74, 6) is 0.750. The van der Waals surface area contributed by atoms with Crippen LogP contribution in [0.1, 0.15) is 47.7 Å². The molecule has 0 aromatic carbocycles. The van der Waals surface area contributed by atoms with Gasteiger partial charge < -0.3 is 5.32 Å². The summed E-state index contributed by atoms with van der Waals surface area (Å²) < 4.78 is 0. The van der Waals surface area contributed by atoms with Crippen molar-refractivity contribution < 1.29 is 0 Å². The Morgan fingerprint density at radius 2 is 2.11 bits per heavy atom. The molecular weight excluding hydrogens is 272 g/mol. The average Bonchev–Trinajstić information content (AvgIpc) is 3.32. The van der Waals surface area contributed by atoms with Gasteiger partial charge in [0.2, 0.25) is 0 Å². The summed E-state index contributed by atoms with van der Waals surface area (Å²) in [6.07, 6.45) is 5.38. The predicted molar refractivity (Wildman–Crippen MR) is 82.0 cm³/mol. The molecule has 0 saturated heterocycles. The van der Waals surface area contributed by atoms with Gasteiger partial charge >= 0.3 is 0 Å². The number of aromatic nitrogens is 1. The van der Waals surface area contributed by atoms with Gasteiger partial charge in [-0.3, -0.25) is 0 Å². The molecule has 0 unspecified atom stereocenters. The summed E-state index contributed by atoms with van der Waals surface area (Å²) in [6, 6.07) is 0.778. The Hall–Kier alpha value is -0.710. The molecule has 0 spiro atoms. The maximum absolute atomic E-state index is 4.96. The van der Waals surface area contributed by atoms with E-state index in [9.17, 15) is 0 Å². The second-order valence-corrected chi connectivity index (χ2v) is 7.55. The lowest BCUT2D eigenvalue weighted by Gasteiger charge is -2.01. The number of hydrogen-bond acceptors (Lipinski definition) is 4. The zero-order valence-electron chi connectivity index (χ0n) is 11.1. The normalized spacial score (nSPS) is 19.0. The molecule has 2 saturated carbocycles. The molecule has 4 rings (SSSR count). The van der Waals surface area contributed by atoms with Crippen LogP contribution >= 0.6 is 22.7 Å². The third-order valence-corrected chi connectivity index (χ3v) is 5.87. The van der Waals surface area contributed by atoms with Gasteiger partial charge in [0.05, 0.1) is 5.69 Å². The molecule has 0 amide bonds. The van der Waals surface area contributed by atoms with Crippen LogP contribution in [0.4, 0.5) is 0 Å². The molecular formula is C15H18N2S2. The molecule has 0 radical (unpaired) electrons. The Balaban J connectivity index is 1.64. The highest BCUT2D eigenvalue weighted by Gasteiger charge is 2.30. The number of nitrogens with zero attached hydrogens (tertiary/aromatic N) is 1. The van der Waals surface area contributed by atoms with E-state index in [2.05, 4.69) is 23.0 Å². The zero-order valence-corrected chi connectivity index (χ0v) is 12.7. The van der Waals surface area contributed by atoms with Crippen LogP contribution in [0.3, 0.4) is 0 Å². The van der Waals surface area contributed by atoms with Gasteiger partial charge in [0.15, 0.2) is 0 Å². The van der Waals surface area contributed by atoms with Crippen molar-refractivity contribution >= 4 is 22.7 Å². The molecule has 2 nitrogen and oxygen atoms in total. The van der Waals surface area contributed by atoms with Gasteiger partial charge in [0, 0.05) is 34.3 Å². The summed E-state index contributed by atoms with van der Waals surface area (Å²) in [4.78, 5) is 6.44. The van der Waals surface area contributed by atoms with E-state index < -0.39 is 0 Å². The zero-order chi connectivity index (χ0) is 12.8. The lowest BCUT2D eigenvalue weighted by molar-refractivity contribution is 0.688. The highest BCUT2D eigenvalue weighted by molar-refractivity contribution is 7.15. The van der Waals surface area contributed by atoms with Crippen molar-refractivity contribution in [3.63, 3.8) is 0 Å². The maximum Gasteiger partial charge on any atom is 0.125 e. The number of thiazole rings is 1. The fourth-order valence-electron chi connectivity index (χ4n) is 2.39. The smallest absolute Gasteiger partial charge is 0.125 e. The van der Waals surface area contributed by atoms with Crippen LogP contribution in [0.5, 0.6) is 0 Å². The lowest BCUT2D eigenvalue weighted by atomic mass is 10.2. The Morgan fingerprint density at radius 1 is 1.26 bits per heavy atom. The summed E-state index contributed by atoms with van der Waals surface area (Å²) >= 11 is 3.68. The third-order valence-electron chi connectivity index (χ3n) is 3.91. The first-order valence-corrected chi connectivity index (χ1v) is 8.83. The Morgan fingerprint density at radius 3 is 2.74 bits per heavy atom. The van der Waals surface area contributed by atoms with E-state index in [0.29, 0.717) is 0 Å². The lowest BCUT2D eigenvalue weighted by Crippen LogP contribution is -2.15. The first-order valence-electron chi connectivity index (χ1n) is 7.07. The molecule has 2 aliphatic carbocycles. The monoisotopic (exact) mass is 290 g/mol. The van der Waals surface area contributed by atoms with Crippen molar-refractivity contribution in [3.05, 3.63) is 26.9 Å². The van der Waals surface area contributed by atoms with Gasteiger partial charge in [0.25, 0.3) is 0 Å². The van der Waals surface area contributed by atoms with Gasteiger partial charge in [-0.05, 0) is 43.6 Å². The first-order chi connectivity index (χ1) is 9.31. The molecule has 4 heteroatoms. The molecule has 2 aliphatic rings. The van der Waals surface area contributed by atoms with Crippen LogP contribution in [0.25, 0.3) is 10.6 Å². The van der Waals surface area contributed by atoms with Crippen molar-refractivity contribution in [2.24, 2.45) is 0 Å². The van der Waals surface area contributed by atoms with E-state index in [1.807, 2.05) is 11.3 Å². The van der Waals surface area contributed by atoms with E-state index in [0.717, 1.165) is 18.5 Å². The van der Waals surface area contributed by atoms with Gasteiger partial charge in [-0.1, -0.05) is 0 Å². The van der Waals surface area contributed by atoms with E-state index in [-0.39, 0.29) is 0 Å². The topological polar surface area (TPSA) is 24.9 Å². The minimum absolute atomic E-state index is 0.750. The van der Waals surface area contributed by atoms with Crippen LogP contribution in [0, 0.1) is 6.92 Å². The largest absolute Gasteiger partial charge is 0.309 e. The first kappa shape index (κ1) is 12.1. The minimum Gasteiger partial charge on any atom is -0.309 e. The molecule has 0 aliphatic heterocycles. The van der Waals surface area contributed by atoms with Crippen molar-refractivity contribution in [2.75, 3.05) is 0 Å². The van der Waals surface area contributed by atoms with E-state index >= 15 is 0 Å². The number of rotatable bonds is 5. The predicted octanol–water partition coefficient (Wildman–Crippen LogP) is 4.31. The second kappa shape index (κ2) is 4.69. The Kier molecular flexibility index (Phi) is 2.98. The average molecular weight is 290 g/mol. The highest BCUT2D eigenvalue weighted by atomic mass is 32.1. The molecule has 100 valence electrons. The molecule has 0 atom stereocenters. The van der Waals surface area contributed by atoms with Crippen molar-refractivity contribution in [1.29, 1.82) is 0 Å². The van der Waals surface area contributed by atoms with Crippen molar-refractivity contribution in [3.8, 4) is 10.6 Å². The Bertz CT molecular complexity index is 591. The number of nitrogens with one attached hydrogen (secondary N) is 1. The SMILES string of the molecule is Cc1cscc1-c1nc(C2CC2)c(CNC2CC2)s1. The van der Waals surface area contributed by atoms with E-state index in [4.69, 9.17) is 4.98 Å². The van der Waals surface area contributed by atoms with Gasteiger partial charge in [0.1, 0.15) is 5.01 Å². The summed E-state index contributed by atoms with van der Waals surface area (Å²) in [5.41, 5.74) is 4.09. The molecule has 2 aromatic heterocycles.